The molecule has 3 amide bonds. The van der Waals surface area contributed by atoms with Crippen LogP contribution in [-0.4, -0.2) is 22.5 Å². The highest BCUT2D eigenvalue weighted by Crippen LogP contribution is 2.33. The number of carbonyl (C=O) groups excluding carboxylic acids is 2. The Morgan fingerprint density at radius 3 is 2.62 bits per heavy atom. The third kappa shape index (κ3) is 4.40. The quantitative estimate of drug-likeness (QED) is 0.587. The number of carbonyl (C=O) groups is 2. The zero-order valence-electron chi connectivity index (χ0n) is 16.3. The Hall–Kier alpha value is -2.93. The van der Waals surface area contributed by atoms with Gasteiger partial charge in [0.15, 0.2) is 5.13 Å². The summed E-state index contributed by atoms with van der Waals surface area (Å²) in [7, 11) is 0. The Balaban J connectivity index is 1.43. The summed E-state index contributed by atoms with van der Waals surface area (Å²) in [6.45, 7) is 2.45. The first-order valence-corrected chi connectivity index (χ1v) is 10.6. The van der Waals surface area contributed by atoms with E-state index in [0.29, 0.717) is 24.5 Å². The Kier molecular flexibility index (Phi) is 5.49. The fraction of sp³-hybridized carbons (Fsp3) is 0.318. The van der Waals surface area contributed by atoms with Crippen molar-refractivity contribution in [2.45, 2.75) is 44.7 Å². The van der Waals surface area contributed by atoms with Crippen molar-refractivity contribution in [2.75, 3.05) is 5.32 Å². The van der Waals surface area contributed by atoms with Gasteiger partial charge in [-0.3, -0.25) is 10.1 Å². The lowest BCUT2D eigenvalue weighted by Gasteiger charge is -2.28. The molecule has 150 valence electrons. The van der Waals surface area contributed by atoms with Crippen molar-refractivity contribution in [3.05, 3.63) is 59.7 Å². The molecule has 1 aromatic heterocycles. The van der Waals surface area contributed by atoms with Gasteiger partial charge in [-0.2, -0.15) is 0 Å². The minimum atomic E-state index is -0.894. The molecular weight excluding hydrogens is 384 g/mol. The van der Waals surface area contributed by atoms with Crippen LogP contribution in [-0.2, 0) is 11.3 Å². The molecule has 6 nitrogen and oxygen atoms in total. The van der Waals surface area contributed by atoms with Crippen LogP contribution in [0.1, 0.15) is 36.8 Å². The summed E-state index contributed by atoms with van der Waals surface area (Å²) in [5.74, 6) is -0.194. The summed E-state index contributed by atoms with van der Waals surface area (Å²) in [4.78, 5) is 30.1. The van der Waals surface area contributed by atoms with Gasteiger partial charge in [0, 0.05) is 6.54 Å². The van der Waals surface area contributed by atoms with E-state index in [9.17, 15) is 9.59 Å². The minimum Gasteiger partial charge on any atom is -0.334 e. The molecule has 7 heteroatoms. The van der Waals surface area contributed by atoms with E-state index in [0.717, 1.165) is 34.2 Å². The molecule has 29 heavy (non-hydrogen) atoms. The lowest BCUT2D eigenvalue weighted by atomic mass is 9.96. The monoisotopic (exact) mass is 408 g/mol. The van der Waals surface area contributed by atoms with Crippen LogP contribution in [0.15, 0.2) is 48.5 Å². The number of rotatable bonds is 5. The molecule has 2 aromatic carbocycles. The predicted molar refractivity (Wildman–Crippen MR) is 116 cm³/mol. The van der Waals surface area contributed by atoms with E-state index in [1.165, 1.54) is 11.3 Å². The van der Waals surface area contributed by atoms with Crippen LogP contribution in [0.5, 0.6) is 0 Å². The second-order valence-corrected chi connectivity index (χ2v) is 8.56. The molecule has 0 radical (unpaired) electrons. The first-order valence-electron chi connectivity index (χ1n) is 9.83. The van der Waals surface area contributed by atoms with E-state index in [-0.39, 0.29) is 11.9 Å². The van der Waals surface area contributed by atoms with Crippen LogP contribution in [0.25, 0.3) is 10.2 Å². The van der Waals surface area contributed by atoms with E-state index in [4.69, 9.17) is 0 Å². The molecule has 4 rings (SSSR count). The van der Waals surface area contributed by atoms with Crippen molar-refractivity contribution in [1.29, 1.82) is 0 Å². The van der Waals surface area contributed by atoms with Crippen LogP contribution in [0.3, 0.4) is 0 Å². The molecule has 1 aliphatic carbocycles. The second-order valence-electron chi connectivity index (χ2n) is 7.53. The summed E-state index contributed by atoms with van der Waals surface area (Å²) in [5.41, 5.74) is 2.14. The number of nitrogens with one attached hydrogen (secondary N) is 3. The van der Waals surface area contributed by atoms with E-state index in [1.807, 2.05) is 49.4 Å². The van der Waals surface area contributed by atoms with Crippen molar-refractivity contribution in [1.82, 2.24) is 15.6 Å². The first kappa shape index (κ1) is 19.4. The molecule has 1 saturated carbocycles. The second kappa shape index (κ2) is 8.21. The number of nitrogens with zero attached hydrogens (tertiary/aromatic N) is 1. The Morgan fingerprint density at radius 1 is 1.10 bits per heavy atom. The van der Waals surface area contributed by atoms with Gasteiger partial charge >= 0.3 is 6.03 Å². The molecule has 0 atom stereocenters. The smallest absolute Gasteiger partial charge is 0.315 e. The van der Waals surface area contributed by atoms with E-state index >= 15 is 0 Å². The summed E-state index contributed by atoms with van der Waals surface area (Å²) in [5, 5.41) is 9.30. The number of aryl methyl sites for hydroxylation is 1. The van der Waals surface area contributed by atoms with Gasteiger partial charge in [0.05, 0.1) is 10.2 Å². The van der Waals surface area contributed by atoms with Gasteiger partial charge in [0.25, 0.3) is 5.91 Å². The summed E-state index contributed by atoms with van der Waals surface area (Å²) < 4.78 is 1.04. The average molecular weight is 409 g/mol. The fourth-order valence-corrected chi connectivity index (χ4v) is 4.69. The lowest BCUT2D eigenvalue weighted by Crippen LogP contribution is -2.57. The number of hydrogen-bond acceptors (Lipinski definition) is 4. The molecule has 0 spiro atoms. The van der Waals surface area contributed by atoms with Crippen molar-refractivity contribution < 1.29 is 9.59 Å². The molecule has 3 N–H and O–H groups in total. The third-order valence-corrected chi connectivity index (χ3v) is 6.24. The highest BCUT2D eigenvalue weighted by Gasteiger charge is 2.42. The van der Waals surface area contributed by atoms with Crippen LogP contribution in [0.4, 0.5) is 9.93 Å². The normalized spacial score (nSPS) is 15.2. The zero-order valence-corrected chi connectivity index (χ0v) is 17.1. The number of urea groups is 1. The van der Waals surface area contributed by atoms with E-state index < -0.39 is 5.54 Å². The highest BCUT2D eigenvalue weighted by molar-refractivity contribution is 7.22. The fourth-order valence-electron chi connectivity index (χ4n) is 3.73. The van der Waals surface area contributed by atoms with Gasteiger partial charge in [-0.05, 0) is 43.0 Å². The molecule has 1 heterocycles. The first-order chi connectivity index (χ1) is 14.0. The summed E-state index contributed by atoms with van der Waals surface area (Å²) in [6.07, 6.45) is 3.07. The molecule has 3 aromatic rings. The SMILES string of the molecule is Cc1ccc2nc(NC(=O)C3(NC(=O)NCc4ccccc4)CCCC3)sc2c1. The number of thiazole rings is 1. The Bertz CT molecular complexity index is 1030. The van der Waals surface area contributed by atoms with Crippen LogP contribution in [0, 0.1) is 6.92 Å². The number of amides is 3. The lowest BCUT2D eigenvalue weighted by molar-refractivity contribution is -0.121. The molecular formula is C22H24N4O2S. The Labute approximate surface area is 173 Å². The van der Waals surface area contributed by atoms with Crippen molar-refractivity contribution in [3.8, 4) is 0 Å². The van der Waals surface area contributed by atoms with Gasteiger partial charge in [-0.25, -0.2) is 9.78 Å². The number of hydrogen-bond donors (Lipinski definition) is 3. The topological polar surface area (TPSA) is 83.1 Å². The van der Waals surface area contributed by atoms with Crippen molar-refractivity contribution >= 4 is 38.6 Å². The number of benzene rings is 2. The van der Waals surface area contributed by atoms with Gasteiger partial charge in [0.1, 0.15) is 5.54 Å². The Morgan fingerprint density at radius 2 is 1.86 bits per heavy atom. The van der Waals surface area contributed by atoms with Gasteiger partial charge < -0.3 is 10.6 Å². The average Bonchev–Trinajstić information content (AvgIpc) is 3.34. The minimum absolute atomic E-state index is 0.194. The van der Waals surface area contributed by atoms with E-state index in [1.54, 1.807) is 0 Å². The van der Waals surface area contributed by atoms with Crippen molar-refractivity contribution in [2.24, 2.45) is 0 Å². The molecule has 1 aliphatic rings. The predicted octanol–water partition coefficient (Wildman–Crippen LogP) is 4.36. The third-order valence-electron chi connectivity index (χ3n) is 5.30. The van der Waals surface area contributed by atoms with Crippen LogP contribution >= 0.6 is 11.3 Å². The van der Waals surface area contributed by atoms with Gasteiger partial charge in [-0.15, -0.1) is 0 Å². The maximum absolute atomic E-state index is 13.1. The van der Waals surface area contributed by atoms with Gasteiger partial charge in [0.2, 0.25) is 0 Å². The molecule has 0 aliphatic heterocycles. The van der Waals surface area contributed by atoms with Crippen LogP contribution < -0.4 is 16.0 Å². The molecule has 0 bridgehead atoms. The zero-order chi connectivity index (χ0) is 20.3. The largest absolute Gasteiger partial charge is 0.334 e. The standard InChI is InChI=1S/C22H24N4O2S/c1-15-9-10-17-18(13-15)29-21(24-17)25-19(27)22(11-5-6-12-22)26-20(28)23-14-16-7-3-2-4-8-16/h2-4,7-10,13H,5-6,11-12,14H2,1H3,(H2,23,26,28)(H,24,25,27). The van der Waals surface area contributed by atoms with Crippen LogP contribution in [0.2, 0.25) is 0 Å². The summed E-state index contributed by atoms with van der Waals surface area (Å²) >= 11 is 1.45. The van der Waals surface area contributed by atoms with E-state index in [2.05, 4.69) is 27.0 Å². The van der Waals surface area contributed by atoms with Crippen molar-refractivity contribution in [3.63, 3.8) is 0 Å². The molecule has 0 unspecified atom stereocenters. The molecule has 0 saturated heterocycles. The number of fused-ring (bicyclic) bond motifs is 1. The summed E-state index contributed by atoms with van der Waals surface area (Å²) in [6, 6.07) is 15.4. The maximum atomic E-state index is 13.1. The number of aromatic nitrogens is 1. The molecule has 1 fully saturated rings. The maximum Gasteiger partial charge on any atom is 0.315 e. The highest BCUT2D eigenvalue weighted by atomic mass is 32.1. The number of anilines is 1. The van der Waals surface area contributed by atoms with Gasteiger partial charge in [-0.1, -0.05) is 60.6 Å².